The standard InChI is InChI=1S/C24H29FN8/c1-14-28-22-20(33(14)18-10-24(2,25)11-18)7-15(12-26-22)19-5-6-32-21(19)13-27-23(30-32)29-16-8-17(9-16)31(3)4/h5-7,12-13,16-18H,8-11H2,1-4H3,(H,29,30)/t16-,17+,18?,24?. The van der Waals surface area contributed by atoms with Gasteiger partial charge in [-0.05, 0) is 52.9 Å². The fraction of sp³-hybridized carbons (Fsp3) is 0.500. The molecular formula is C24H29FN8. The molecule has 1 N–H and O–H groups in total. The van der Waals surface area contributed by atoms with Crippen molar-refractivity contribution in [1.82, 2.24) is 34.0 Å². The number of rotatable bonds is 5. The lowest BCUT2D eigenvalue weighted by atomic mass is 9.78. The molecule has 0 unspecified atom stereocenters. The van der Waals surface area contributed by atoms with Gasteiger partial charge in [0, 0.05) is 54.5 Å². The van der Waals surface area contributed by atoms with Crippen molar-refractivity contribution < 1.29 is 4.39 Å². The number of imidazole rings is 1. The Bertz CT molecular complexity index is 1340. The lowest BCUT2D eigenvalue weighted by Crippen LogP contribution is -2.47. The largest absolute Gasteiger partial charge is 0.350 e. The lowest BCUT2D eigenvalue weighted by Gasteiger charge is -2.40. The molecule has 0 saturated heterocycles. The highest BCUT2D eigenvalue weighted by Crippen LogP contribution is 2.45. The van der Waals surface area contributed by atoms with E-state index in [1.54, 1.807) is 6.92 Å². The maximum atomic E-state index is 14.2. The van der Waals surface area contributed by atoms with Gasteiger partial charge in [0.1, 0.15) is 11.5 Å². The van der Waals surface area contributed by atoms with E-state index in [1.165, 1.54) is 0 Å². The number of fused-ring (bicyclic) bond motifs is 2. The molecule has 6 rings (SSSR count). The predicted molar refractivity (Wildman–Crippen MR) is 126 cm³/mol. The van der Waals surface area contributed by atoms with Gasteiger partial charge in [-0.25, -0.2) is 23.9 Å². The number of aromatic nitrogens is 6. The van der Waals surface area contributed by atoms with E-state index < -0.39 is 5.67 Å². The van der Waals surface area contributed by atoms with Gasteiger partial charge in [-0.1, -0.05) is 0 Å². The molecule has 2 saturated carbocycles. The van der Waals surface area contributed by atoms with E-state index >= 15 is 0 Å². The molecule has 4 aromatic heterocycles. The van der Waals surface area contributed by atoms with Crippen LogP contribution in [0.5, 0.6) is 0 Å². The fourth-order valence-electron chi connectivity index (χ4n) is 5.32. The molecular weight excluding hydrogens is 419 g/mol. The van der Waals surface area contributed by atoms with Crippen LogP contribution in [0.25, 0.3) is 27.8 Å². The second-order valence-corrected chi connectivity index (χ2v) is 10.1. The van der Waals surface area contributed by atoms with Crippen LogP contribution in [-0.4, -0.2) is 65.9 Å². The van der Waals surface area contributed by atoms with Gasteiger partial charge in [0.05, 0.1) is 17.2 Å². The molecule has 33 heavy (non-hydrogen) atoms. The SMILES string of the molecule is Cc1nc2ncc(-c3ccn4nc(N[C@H]5C[C@@H](N(C)C)C5)ncc34)cc2n1C1CC(C)(F)C1. The maximum Gasteiger partial charge on any atom is 0.241 e. The fourth-order valence-corrected chi connectivity index (χ4v) is 5.32. The quantitative estimate of drug-likeness (QED) is 0.497. The van der Waals surface area contributed by atoms with Crippen LogP contribution >= 0.6 is 0 Å². The van der Waals surface area contributed by atoms with Crippen LogP contribution in [0.3, 0.4) is 0 Å². The molecule has 0 amide bonds. The maximum absolute atomic E-state index is 14.2. The van der Waals surface area contributed by atoms with Crippen LogP contribution in [-0.2, 0) is 0 Å². The Labute approximate surface area is 191 Å². The molecule has 172 valence electrons. The normalized spacial score (nSPS) is 27.2. The molecule has 2 fully saturated rings. The topological polar surface area (TPSA) is 76.2 Å². The molecule has 0 bridgehead atoms. The summed E-state index contributed by atoms with van der Waals surface area (Å²) in [4.78, 5) is 16.0. The van der Waals surface area contributed by atoms with Gasteiger partial charge in [0.2, 0.25) is 5.95 Å². The average molecular weight is 449 g/mol. The Morgan fingerprint density at radius 3 is 2.67 bits per heavy atom. The molecule has 0 spiro atoms. The Kier molecular flexibility index (Phi) is 4.49. The van der Waals surface area contributed by atoms with E-state index in [0.717, 1.165) is 40.8 Å². The number of anilines is 1. The summed E-state index contributed by atoms with van der Waals surface area (Å²) >= 11 is 0. The van der Waals surface area contributed by atoms with Crippen molar-refractivity contribution in [1.29, 1.82) is 0 Å². The van der Waals surface area contributed by atoms with E-state index in [-0.39, 0.29) is 6.04 Å². The highest BCUT2D eigenvalue weighted by atomic mass is 19.1. The summed E-state index contributed by atoms with van der Waals surface area (Å²) in [6, 6.07) is 5.31. The monoisotopic (exact) mass is 448 g/mol. The van der Waals surface area contributed by atoms with E-state index in [9.17, 15) is 4.39 Å². The first-order valence-corrected chi connectivity index (χ1v) is 11.6. The summed E-state index contributed by atoms with van der Waals surface area (Å²) in [5.41, 5.74) is 3.47. The molecule has 4 heterocycles. The second kappa shape index (κ2) is 7.21. The minimum atomic E-state index is -1.09. The Balaban J connectivity index is 1.29. The minimum absolute atomic E-state index is 0.128. The van der Waals surface area contributed by atoms with Gasteiger partial charge in [-0.15, -0.1) is 5.10 Å². The van der Waals surface area contributed by atoms with Crippen molar-refractivity contribution in [2.24, 2.45) is 0 Å². The van der Waals surface area contributed by atoms with Crippen LogP contribution in [0.1, 0.15) is 44.5 Å². The predicted octanol–water partition coefficient (Wildman–Crippen LogP) is 4.02. The first-order valence-electron chi connectivity index (χ1n) is 11.6. The molecule has 4 aromatic rings. The number of aryl methyl sites for hydroxylation is 1. The Morgan fingerprint density at radius 2 is 1.94 bits per heavy atom. The molecule has 8 nitrogen and oxygen atoms in total. The number of pyridine rings is 1. The summed E-state index contributed by atoms with van der Waals surface area (Å²) in [6.45, 7) is 3.64. The molecule has 2 aliphatic rings. The molecule has 0 aliphatic heterocycles. The van der Waals surface area contributed by atoms with E-state index in [4.69, 9.17) is 0 Å². The Morgan fingerprint density at radius 1 is 1.15 bits per heavy atom. The average Bonchev–Trinajstić information content (AvgIpc) is 3.27. The Hall–Kier alpha value is -3.07. The van der Waals surface area contributed by atoms with Crippen molar-refractivity contribution in [3.63, 3.8) is 0 Å². The highest BCUT2D eigenvalue weighted by molar-refractivity contribution is 5.85. The zero-order valence-corrected chi connectivity index (χ0v) is 19.5. The van der Waals surface area contributed by atoms with Gasteiger partial charge in [0.25, 0.3) is 0 Å². The van der Waals surface area contributed by atoms with Crippen molar-refractivity contribution in [3.05, 3.63) is 36.5 Å². The summed E-state index contributed by atoms with van der Waals surface area (Å²) in [5, 5.41) is 8.11. The van der Waals surface area contributed by atoms with Crippen LogP contribution < -0.4 is 5.32 Å². The third kappa shape index (κ3) is 3.45. The van der Waals surface area contributed by atoms with E-state index in [2.05, 4.69) is 55.0 Å². The molecule has 0 aromatic carbocycles. The van der Waals surface area contributed by atoms with E-state index in [0.29, 0.717) is 36.5 Å². The molecule has 9 heteroatoms. The second-order valence-electron chi connectivity index (χ2n) is 10.1. The minimum Gasteiger partial charge on any atom is -0.350 e. The van der Waals surface area contributed by atoms with Crippen molar-refractivity contribution in [2.75, 3.05) is 19.4 Å². The molecule has 2 aliphatic carbocycles. The third-order valence-corrected chi connectivity index (χ3v) is 7.32. The summed E-state index contributed by atoms with van der Waals surface area (Å²) in [6.07, 6.45) is 8.89. The van der Waals surface area contributed by atoms with Crippen LogP contribution in [0.15, 0.2) is 30.7 Å². The number of alkyl halides is 1. The summed E-state index contributed by atoms with van der Waals surface area (Å²) < 4.78 is 18.2. The highest BCUT2D eigenvalue weighted by Gasteiger charge is 2.42. The summed E-state index contributed by atoms with van der Waals surface area (Å²) in [5.74, 6) is 1.52. The van der Waals surface area contributed by atoms with Crippen molar-refractivity contribution in [3.8, 4) is 11.1 Å². The number of hydrogen-bond acceptors (Lipinski definition) is 6. The number of hydrogen-bond donors (Lipinski definition) is 1. The van der Waals surface area contributed by atoms with Gasteiger partial charge in [-0.3, -0.25) is 0 Å². The van der Waals surface area contributed by atoms with Crippen molar-refractivity contribution in [2.45, 2.75) is 63.3 Å². The van der Waals surface area contributed by atoms with Crippen LogP contribution in [0.4, 0.5) is 10.3 Å². The third-order valence-electron chi connectivity index (χ3n) is 7.32. The molecule has 0 radical (unpaired) electrons. The van der Waals surface area contributed by atoms with Gasteiger partial charge in [0.15, 0.2) is 5.65 Å². The van der Waals surface area contributed by atoms with Crippen molar-refractivity contribution >= 4 is 22.6 Å². The first kappa shape index (κ1) is 20.5. The first-order chi connectivity index (χ1) is 15.8. The summed E-state index contributed by atoms with van der Waals surface area (Å²) in [7, 11) is 4.24. The molecule has 0 atom stereocenters. The van der Waals surface area contributed by atoms with Gasteiger partial charge >= 0.3 is 0 Å². The van der Waals surface area contributed by atoms with Gasteiger partial charge in [-0.2, -0.15) is 0 Å². The smallest absolute Gasteiger partial charge is 0.241 e. The zero-order chi connectivity index (χ0) is 22.9. The number of nitrogens with zero attached hydrogens (tertiary/aromatic N) is 7. The van der Waals surface area contributed by atoms with Gasteiger partial charge < -0.3 is 14.8 Å². The van der Waals surface area contributed by atoms with E-state index in [1.807, 2.05) is 36.1 Å². The van der Waals surface area contributed by atoms with Crippen LogP contribution in [0, 0.1) is 6.92 Å². The number of halogens is 1. The zero-order valence-electron chi connectivity index (χ0n) is 19.5. The van der Waals surface area contributed by atoms with Crippen LogP contribution in [0.2, 0.25) is 0 Å². The lowest BCUT2D eigenvalue weighted by molar-refractivity contribution is 0.0330. The number of nitrogens with one attached hydrogen (secondary N) is 1.